The summed E-state index contributed by atoms with van der Waals surface area (Å²) < 4.78 is 0. The normalized spacial score (nSPS) is 17.1. The van der Waals surface area contributed by atoms with Crippen molar-refractivity contribution >= 4 is 32.9 Å². The van der Waals surface area contributed by atoms with E-state index in [2.05, 4.69) is 15.9 Å². The maximum absolute atomic E-state index is 5.39. The molecule has 3 heteroatoms. The summed E-state index contributed by atoms with van der Waals surface area (Å²) in [7, 11) is 0. The molecule has 0 rings (SSSR count). The van der Waals surface area contributed by atoms with Crippen molar-refractivity contribution in [2.24, 2.45) is 5.73 Å². The summed E-state index contributed by atoms with van der Waals surface area (Å²) in [6, 6.07) is 0.269. The van der Waals surface area contributed by atoms with E-state index in [1.807, 2.05) is 13.8 Å². The second-order valence-corrected chi connectivity index (χ2v) is 2.98. The van der Waals surface area contributed by atoms with E-state index in [9.17, 15) is 0 Å². The molecule has 1 nitrogen and oxygen atoms in total. The van der Waals surface area contributed by atoms with Gasteiger partial charge in [0.25, 0.3) is 0 Å². The predicted molar refractivity (Wildman–Crippen MR) is 42.4 cm³/mol. The standard InChI is InChI=1S/C4H10BrN.BrH/c1-3(5)4(2)6;/h3-4H,6H2,1-2H3;1H/t3?,4-;/m0./s1. The highest BCUT2D eigenvalue weighted by molar-refractivity contribution is 9.09. The quantitative estimate of drug-likeness (QED) is 0.685. The number of hydrogen-bond acceptors (Lipinski definition) is 1. The second kappa shape index (κ2) is 5.06. The van der Waals surface area contributed by atoms with Crippen molar-refractivity contribution in [3.05, 3.63) is 0 Å². The summed E-state index contributed by atoms with van der Waals surface area (Å²) in [5.41, 5.74) is 5.39. The lowest BCUT2D eigenvalue weighted by Crippen LogP contribution is -2.23. The Morgan fingerprint density at radius 2 is 1.57 bits per heavy atom. The molecular formula is C4H11Br2N. The van der Waals surface area contributed by atoms with Gasteiger partial charge >= 0.3 is 0 Å². The first-order chi connectivity index (χ1) is 2.64. The molecule has 0 bridgehead atoms. The summed E-state index contributed by atoms with van der Waals surface area (Å²) in [4.78, 5) is 0.442. The summed E-state index contributed by atoms with van der Waals surface area (Å²) in [6.07, 6.45) is 0. The topological polar surface area (TPSA) is 26.0 Å². The number of halogens is 2. The van der Waals surface area contributed by atoms with Crippen molar-refractivity contribution < 1.29 is 0 Å². The Labute approximate surface area is 63.6 Å². The third kappa shape index (κ3) is 6.92. The summed E-state index contributed by atoms with van der Waals surface area (Å²) >= 11 is 3.31. The Morgan fingerprint density at radius 3 is 1.57 bits per heavy atom. The Kier molecular flexibility index (Phi) is 7.83. The van der Waals surface area contributed by atoms with Gasteiger partial charge in [-0.1, -0.05) is 22.9 Å². The van der Waals surface area contributed by atoms with Gasteiger partial charge in [-0.15, -0.1) is 17.0 Å². The second-order valence-electron chi connectivity index (χ2n) is 1.54. The van der Waals surface area contributed by atoms with Crippen LogP contribution in [-0.4, -0.2) is 10.9 Å². The SMILES string of the molecule is Br.CC(Br)[C@H](C)N. The Balaban J connectivity index is 0. The van der Waals surface area contributed by atoms with Crippen LogP contribution in [-0.2, 0) is 0 Å². The first-order valence-corrected chi connectivity index (χ1v) is 2.96. The number of rotatable bonds is 1. The molecule has 0 saturated heterocycles. The van der Waals surface area contributed by atoms with E-state index < -0.39 is 0 Å². The van der Waals surface area contributed by atoms with Crippen LogP contribution in [0, 0.1) is 0 Å². The number of hydrogen-bond donors (Lipinski definition) is 1. The molecule has 0 spiro atoms. The zero-order chi connectivity index (χ0) is 5.15. The molecule has 0 aromatic rings. The highest BCUT2D eigenvalue weighted by atomic mass is 79.9. The largest absolute Gasteiger partial charge is 0.327 e. The van der Waals surface area contributed by atoms with Gasteiger partial charge in [-0.05, 0) is 6.92 Å². The molecule has 0 aliphatic carbocycles. The maximum atomic E-state index is 5.39. The van der Waals surface area contributed by atoms with E-state index in [1.165, 1.54) is 0 Å². The first-order valence-electron chi connectivity index (χ1n) is 2.04. The van der Waals surface area contributed by atoms with Crippen LogP contribution in [0.5, 0.6) is 0 Å². The van der Waals surface area contributed by atoms with Crippen molar-refractivity contribution in [2.45, 2.75) is 24.7 Å². The van der Waals surface area contributed by atoms with Gasteiger partial charge in [0.1, 0.15) is 0 Å². The number of alkyl halides is 1. The molecule has 0 saturated carbocycles. The van der Waals surface area contributed by atoms with Gasteiger partial charge in [0.05, 0.1) is 0 Å². The fraction of sp³-hybridized carbons (Fsp3) is 1.00. The van der Waals surface area contributed by atoms with Gasteiger partial charge in [0.2, 0.25) is 0 Å². The van der Waals surface area contributed by atoms with Crippen molar-refractivity contribution in [3.8, 4) is 0 Å². The van der Waals surface area contributed by atoms with E-state index >= 15 is 0 Å². The highest BCUT2D eigenvalue weighted by Crippen LogP contribution is 1.98. The van der Waals surface area contributed by atoms with Gasteiger partial charge in [0, 0.05) is 10.9 Å². The molecule has 0 aromatic carbocycles. The molecule has 2 atom stereocenters. The van der Waals surface area contributed by atoms with Crippen LogP contribution >= 0.6 is 32.9 Å². The fourth-order valence-electron chi connectivity index (χ4n) is 0. The van der Waals surface area contributed by atoms with Crippen LogP contribution in [0.2, 0.25) is 0 Å². The monoisotopic (exact) mass is 231 g/mol. The lowest BCUT2D eigenvalue weighted by molar-refractivity contribution is 0.740. The van der Waals surface area contributed by atoms with Crippen LogP contribution in [0.25, 0.3) is 0 Å². The predicted octanol–water partition coefficient (Wildman–Crippen LogP) is 1.69. The van der Waals surface area contributed by atoms with Gasteiger partial charge in [-0.2, -0.15) is 0 Å². The molecule has 0 amide bonds. The van der Waals surface area contributed by atoms with Crippen LogP contribution in [0.3, 0.4) is 0 Å². The van der Waals surface area contributed by atoms with Gasteiger partial charge in [-0.25, -0.2) is 0 Å². The average Bonchev–Trinajstić information content (AvgIpc) is 1.36. The molecule has 0 fully saturated rings. The van der Waals surface area contributed by atoms with Crippen LogP contribution in [0.4, 0.5) is 0 Å². The minimum Gasteiger partial charge on any atom is -0.327 e. The summed E-state index contributed by atoms with van der Waals surface area (Å²) in [5, 5.41) is 0. The number of nitrogens with two attached hydrogens (primary N) is 1. The van der Waals surface area contributed by atoms with Crippen LogP contribution in [0.1, 0.15) is 13.8 Å². The molecule has 0 radical (unpaired) electrons. The van der Waals surface area contributed by atoms with Crippen LogP contribution in [0.15, 0.2) is 0 Å². The van der Waals surface area contributed by atoms with E-state index in [-0.39, 0.29) is 23.0 Å². The van der Waals surface area contributed by atoms with Crippen molar-refractivity contribution in [1.82, 2.24) is 0 Å². The van der Waals surface area contributed by atoms with Gasteiger partial charge in [0.15, 0.2) is 0 Å². The van der Waals surface area contributed by atoms with E-state index in [0.29, 0.717) is 4.83 Å². The Bertz CT molecular complexity index is 30.7. The minimum absolute atomic E-state index is 0. The highest BCUT2D eigenvalue weighted by Gasteiger charge is 1.98. The lowest BCUT2D eigenvalue weighted by atomic mass is 10.3. The molecular weight excluding hydrogens is 222 g/mol. The molecule has 0 aliphatic rings. The Morgan fingerprint density at radius 1 is 1.43 bits per heavy atom. The zero-order valence-corrected chi connectivity index (χ0v) is 7.82. The summed E-state index contributed by atoms with van der Waals surface area (Å²) in [5.74, 6) is 0. The molecule has 0 aromatic heterocycles. The van der Waals surface area contributed by atoms with E-state index in [4.69, 9.17) is 5.73 Å². The van der Waals surface area contributed by atoms with Crippen molar-refractivity contribution in [1.29, 1.82) is 0 Å². The summed E-state index contributed by atoms with van der Waals surface area (Å²) in [6.45, 7) is 4.00. The fourth-order valence-corrected chi connectivity index (χ4v) is 0. The first kappa shape index (κ1) is 10.8. The van der Waals surface area contributed by atoms with Gasteiger partial charge < -0.3 is 5.73 Å². The van der Waals surface area contributed by atoms with E-state index in [1.54, 1.807) is 0 Å². The lowest BCUT2D eigenvalue weighted by Gasteiger charge is -2.03. The minimum atomic E-state index is 0. The molecule has 0 heterocycles. The molecule has 7 heavy (non-hydrogen) atoms. The van der Waals surface area contributed by atoms with Crippen molar-refractivity contribution in [2.75, 3.05) is 0 Å². The molecule has 1 unspecified atom stereocenters. The third-order valence-corrected chi connectivity index (χ3v) is 1.56. The third-order valence-electron chi connectivity index (χ3n) is 0.725. The maximum Gasteiger partial charge on any atom is 0.0266 e. The zero-order valence-electron chi connectivity index (χ0n) is 4.52. The Hall–Kier alpha value is 0.920. The van der Waals surface area contributed by atoms with Gasteiger partial charge in [-0.3, -0.25) is 0 Å². The molecule has 2 N–H and O–H groups in total. The van der Waals surface area contributed by atoms with E-state index in [0.717, 1.165) is 0 Å². The van der Waals surface area contributed by atoms with Crippen molar-refractivity contribution in [3.63, 3.8) is 0 Å². The van der Waals surface area contributed by atoms with Crippen LogP contribution < -0.4 is 5.73 Å². The average molecular weight is 233 g/mol. The smallest absolute Gasteiger partial charge is 0.0266 e. The molecule has 46 valence electrons. The molecule has 0 aliphatic heterocycles.